The summed E-state index contributed by atoms with van der Waals surface area (Å²) in [6.07, 6.45) is 1.99. The van der Waals surface area contributed by atoms with Crippen LogP contribution in [0.2, 0.25) is 0 Å². The van der Waals surface area contributed by atoms with E-state index < -0.39 is 0 Å². The highest BCUT2D eigenvalue weighted by Gasteiger charge is 2.38. The lowest BCUT2D eigenvalue weighted by Gasteiger charge is -2.33. The van der Waals surface area contributed by atoms with E-state index in [1.54, 1.807) is 0 Å². The summed E-state index contributed by atoms with van der Waals surface area (Å²) < 4.78 is 5.05. The second-order valence-electron chi connectivity index (χ2n) is 6.48. The number of amides is 1. The fourth-order valence-electron chi connectivity index (χ4n) is 3.78. The zero-order chi connectivity index (χ0) is 16.5. The Bertz CT molecular complexity index is 742. The molecule has 4 rings (SSSR count). The molecule has 8 heteroatoms. The fraction of sp³-hybridized carbons (Fsp3) is 0.471. The van der Waals surface area contributed by atoms with Crippen molar-refractivity contribution in [3.05, 3.63) is 41.5 Å². The molecule has 0 radical (unpaired) electrons. The number of fused-ring (bicyclic) bond motifs is 1. The van der Waals surface area contributed by atoms with Crippen molar-refractivity contribution in [1.82, 2.24) is 15.0 Å². The van der Waals surface area contributed by atoms with Gasteiger partial charge in [-0.15, -0.1) is 12.4 Å². The number of nitrogens with zero attached hydrogens (tertiary/aromatic N) is 3. The molecular weight excluding hydrogens is 342 g/mol. The van der Waals surface area contributed by atoms with Crippen molar-refractivity contribution in [3.63, 3.8) is 0 Å². The standard InChI is InChI=1S/C17H21N5O2.ClH/c18-9-15-20-14(21-24-15)10-22-7-5-11(6-8-22)16-12-3-1-2-4-13(12)19-17(16)23;/h1-4,11,16H,5-10,18H2,(H,19,23);1H. The van der Waals surface area contributed by atoms with Gasteiger partial charge in [0.1, 0.15) is 0 Å². The molecule has 1 atom stereocenters. The molecule has 1 saturated heterocycles. The van der Waals surface area contributed by atoms with Crippen molar-refractivity contribution >= 4 is 24.0 Å². The SMILES string of the molecule is Cl.NCc1nc(CN2CCC(C3C(=O)Nc4ccccc43)CC2)no1. The van der Waals surface area contributed by atoms with Crippen molar-refractivity contribution in [2.45, 2.75) is 31.8 Å². The van der Waals surface area contributed by atoms with Crippen molar-refractivity contribution in [3.8, 4) is 0 Å². The molecule has 3 N–H and O–H groups in total. The molecule has 3 heterocycles. The van der Waals surface area contributed by atoms with Gasteiger partial charge < -0.3 is 15.6 Å². The van der Waals surface area contributed by atoms with Gasteiger partial charge in [0.25, 0.3) is 0 Å². The highest BCUT2D eigenvalue weighted by molar-refractivity contribution is 6.03. The Labute approximate surface area is 152 Å². The van der Waals surface area contributed by atoms with Gasteiger partial charge in [0.15, 0.2) is 5.82 Å². The van der Waals surface area contributed by atoms with E-state index in [0.717, 1.165) is 37.2 Å². The van der Waals surface area contributed by atoms with E-state index in [2.05, 4.69) is 26.4 Å². The third-order valence-electron chi connectivity index (χ3n) is 4.99. The van der Waals surface area contributed by atoms with Crippen LogP contribution in [0.1, 0.15) is 36.0 Å². The number of halogens is 1. The van der Waals surface area contributed by atoms with Gasteiger partial charge in [-0.25, -0.2) is 0 Å². The molecule has 0 saturated carbocycles. The van der Waals surface area contributed by atoms with Crippen LogP contribution >= 0.6 is 12.4 Å². The number of rotatable bonds is 4. The molecule has 134 valence electrons. The third-order valence-corrected chi connectivity index (χ3v) is 4.99. The maximum absolute atomic E-state index is 12.4. The summed E-state index contributed by atoms with van der Waals surface area (Å²) >= 11 is 0. The second kappa shape index (κ2) is 7.51. The highest BCUT2D eigenvalue weighted by atomic mass is 35.5. The largest absolute Gasteiger partial charge is 0.338 e. The van der Waals surface area contributed by atoms with Gasteiger partial charge in [-0.1, -0.05) is 23.4 Å². The van der Waals surface area contributed by atoms with Gasteiger partial charge >= 0.3 is 0 Å². The predicted molar refractivity (Wildman–Crippen MR) is 95.3 cm³/mol. The molecule has 2 aliphatic heterocycles. The number of carbonyl (C=O) groups excluding carboxylic acids is 1. The molecule has 1 aromatic carbocycles. The molecule has 2 aliphatic rings. The Balaban J connectivity index is 0.00000182. The zero-order valence-electron chi connectivity index (χ0n) is 13.9. The van der Waals surface area contributed by atoms with Gasteiger partial charge in [-0.05, 0) is 43.5 Å². The van der Waals surface area contributed by atoms with Gasteiger partial charge in [0.2, 0.25) is 11.8 Å². The van der Waals surface area contributed by atoms with E-state index >= 15 is 0 Å². The number of piperidine rings is 1. The zero-order valence-corrected chi connectivity index (χ0v) is 14.7. The fourth-order valence-corrected chi connectivity index (χ4v) is 3.78. The minimum absolute atomic E-state index is 0. The summed E-state index contributed by atoms with van der Waals surface area (Å²) in [5, 5.41) is 6.96. The van der Waals surface area contributed by atoms with E-state index in [1.807, 2.05) is 18.2 Å². The van der Waals surface area contributed by atoms with Crippen LogP contribution in [0.4, 0.5) is 5.69 Å². The normalized spacial score (nSPS) is 20.8. The van der Waals surface area contributed by atoms with Gasteiger partial charge in [0, 0.05) is 5.69 Å². The average molecular weight is 364 g/mol. The van der Waals surface area contributed by atoms with Crippen molar-refractivity contribution < 1.29 is 9.32 Å². The Morgan fingerprint density at radius 3 is 2.76 bits per heavy atom. The van der Waals surface area contributed by atoms with Crippen LogP contribution < -0.4 is 11.1 Å². The number of carbonyl (C=O) groups is 1. The molecule has 0 spiro atoms. The van der Waals surface area contributed by atoms with E-state index in [4.69, 9.17) is 10.3 Å². The van der Waals surface area contributed by atoms with Gasteiger partial charge in [0.05, 0.1) is 19.0 Å². The summed E-state index contributed by atoms with van der Waals surface area (Å²) in [6, 6.07) is 8.02. The Hall–Kier alpha value is -1.96. The smallest absolute Gasteiger partial charge is 0.240 e. The lowest BCUT2D eigenvalue weighted by Crippen LogP contribution is -2.36. The molecule has 2 aromatic rings. The van der Waals surface area contributed by atoms with Crippen LogP contribution in [0.15, 0.2) is 28.8 Å². The topological polar surface area (TPSA) is 97.3 Å². The second-order valence-corrected chi connectivity index (χ2v) is 6.48. The summed E-state index contributed by atoms with van der Waals surface area (Å²) in [4.78, 5) is 18.9. The first-order valence-electron chi connectivity index (χ1n) is 8.38. The minimum Gasteiger partial charge on any atom is -0.338 e. The van der Waals surface area contributed by atoms with E-state index in [1.165, 1.54) is 0 Å². The maximum atomic E-state index is 12.4. The van der Waals surface area contributed by atoms with Crippen LogP contribution in [-0.4, -0.2) is 34.0 Å². The lowest BCUT2D eigenvalue weighted by atomic mass is 9.81. The number of nitrogens with one attached hydrogen (secondary N) is 1. The number of nitrogens with two attached hydrogens (primary N) is 1. The monoisotopic (exact) mass is 363 g/mol. The number of hydrogen-bond acceptors (Lipinski definition) is 6. The third kappa shape index (κ3) is 3.53. The van der Waals surface area contributed by atoms with Crippen LogP contribution in [0, 0.1) is 5.92 Å². The van der Waals surface area contributed by atoms with E-state index in [9.17, 15) is 4.79 Å². The molecule has 0 aliphatic carbocycles. The molecule has 1 aromatic heterocycles. The summed E-state index contributed by atoms with van der Waals surface area (Å²) in [5.74, 6) is 1.66. The molecular formula is C17H22ClN5O2. The Morgan fingerprint density at radius 2 is 2.04 bits per heavy atom. The first kappa shape index (κ1) is 17.8. The first-order valence-corrected chi connectivity index (χ1v) is 8.38. The first-order chi connectivity index (χ1) is 11.7. The van der Waals surface area contributed by atoms with Crippen LogP contribution in [0.25, 0.3) is 0 Å². The maximum Gasteiger partial charge on any atom is 0.240 e. The van der Waals surface area contributed by atoms with Crippen LogP contribution in [0.3, 0.4) is 0 Å². The molecule has 7 nitrogen and oxygen atoms in total. The van der Waals surface area contributed by atoms with E-state index in [-0.39, 0.29) is 30.8 Å². The molecule has 25 heavy (non-hydrogen) atoms. The molecule has 1 fully saturated rings. The summed E-state index contributed by atoms with van der Waals surface area (Å²) in [7, 11) is 0. The number of benzene rings is 1. The minimum atomic E-state index is -0.0163. The molecule has 0 bridgehead atoms. The summed E-state index contributed by atoms with van der Waals surface area (Å²) in [6.45, 7) is 2.81. The average Bonchev–Trinajstić information content (AvgIpc) is 3.19. The summed E-state index contributed by atoms with van der Waals surface area (Å²) in [5.41, 5.74) is 7.60. The van der Waals surface area contributed by atoms with Crippen molar-refractivity contribution in [2.75, 3.05) is 18.4 Å². The van der Waals surface area contributed by atoms with E-state index in [0.29, 0.717) is 24.2 Å². The lowest BCUT2D eigenvalue weighted by molar-refractivity contribution is -0.118. The van der Waals surface area contributed by atoms with Gasteiger partial charge in [-0.3, -0.25) is 9.69 Å². The predicted octanol–water partition coefficient (Wildman–Crippen LogP) is 1.90. The highest BCUT2D eigenvalue weighted by Crippen LogP contribution is 2.41. The van der Waals surface area contributed by atoms with Crippen molar-refractivity contribution in [2.24, 2.45) is 11.7 Å². The van der Waals surface area contributed by atoms with Crippen LogP contribution in [-0.2, 0) is 17.9 Å². The quantitative estimate of drug-likeness (QED) is 0.861. The number of hydrogen-bond donors (Lipinski definition) is 2. The number of para-hydroxylation sites is 1. The number of likely N-dealkylation sites (tertiary alicyclic amines) is 1. The van der Waals surface area contributed by atoms with Crippen molar-refractivity contribution in [1.29, 1.82) is 0 Å². The van der Waals surface area contributed by atoms with Gasteiger partial charge in [-0.2, -0.15) is 4.98 Å². The Morgan fingerprint density at radius 1 is 1.28 bits per heavy atom. The molecule has 1 amide bonds. The number of aromatic nitrogens is 2. The molecule has 1 unspecified atom stereocenters. The van der Waals surface area contributed by atoms with Crippen LogP contribution in [0.5, 0.6) is 0 Å². The Kier molecular flexibility index (Phi) is 5.36. The number of anilines is 1.